The molecule has 3 aromatic carbocycles. The Kier molecular flexibility index (Phi) is 6.13. The Balaban J connectivity index is 1.85. The van der Waals surface area contributed by atoms with Crippen LogP contribution in [0.1, 0.15) is 50.8 Å². The first-order valence-electron chi connectivity index (χ1n) is 11.0. The Morgan fingerprint density at radius 1 is 0.800 bits per heavy atom. The third-order valence-electron chi connectivity index (χ3n) is 5.59. The first-order chi connectivity index (χ1) is 14.7. The molecule has 2 heteroatoms. The van der Waals surface area contributed by atoms with Gasteiger partial charge in [-0.2, -0.15) is 0 Å². The van der Waals surface area contributed by atoms with Crippen molar-refractivity contribution in [1.29, 1.82) is 0 Å². The molecule has 0 aliphatic carbocycles. The van der Waals surface area contributed by atoms with Crippen LogP contribution in [0.15, 0.2) is 85.1 Å². The van der Waals surface area contributed by atoms with Crippen LogP contribution >= 0.6 is 0 Å². The van der Waals surface area contributed by atoms with E-state index in [1.54, 1.807) is 0 Å². The van der Waals surface area contributed by atoms with Crippen molar-refractivity contribution in [3.8, 4) is 28.2 Å². The van der Waals surface area contributed by atoms with E-state index in [2.05, 4.69) is 110 Å². The normalized spacial score (nSPS) is 11.2. The van der Waals surface area contributed by atoms with Gasteiger partial charge in [-0.05, 0) is 47.6 Å². The van der Waals surface area contributed by atoms with Gasteiger partial charge in [0.1, 0.15) is 5.82 Å². The molecule has 0 aliphatic heterocycles. The highest BCUT2D eigenvalue weighted by Crippen LogP contribution is 2.31. The van der Waals surface area contributed by atoms with Crippen molar-refractivity contribution >= 4 is 0 Å². The van der Waals surface area contributed by atoms with Crippen molar-refractivity contribution in [2.24, 2.45) is 0 Å². The number of rotatable bonds is 7. The fourth-order valence-electron chi connectivity index (χ4n) is 3.96. The Hall–Kier alpha value is -3.13. The molecule has 0 spiro atoms. The summed E-state index contributed by atoms with van der Waals surface area (Å²) in [6.45, 7) is 6.74. The standard InChI is InChI=1S/C28H30N2/c1-4-5-16-25-20-30(27-18-10-9-17-26(27)21(2)3)28(29-25)24-15-11-14-23(19-24)22-12-7-6-8-13-22/h6-15,17-21H,4-5,16H2,1-3H3. The third-order valence-corrected chi connectivity index (χ3v) is 5.59. The molecule has 2 nitrogen and oxygen atoms in total. The Bertz CT molecular complexity index is 1110. The second kappa shape index (κ2) is 9.13. The highest BCUT2D eigenvalue weighted by Gasteiger charge is 2.16. The predicted molar refractivity (Wildman–Crippen MR) is 127 cm³/mol. The monoisotopic (exact) mass is 394 g/mol. The summed E-state index contributed by atoms with van der Waals surface area (Å²) in [4.78, 5) is 5.09. The summed E-state index contributed by atoms with van der Waals surface area (Å²) in [7, 11) is 0. The number of unbranched alkanes of at least 4 members (excludes halogenated alkanes) is 1. The minimum Gasteiger partial charge on any atom is -0.299 e. The summed E-state index contributed by atoms with van der Waals surface area (Å²) >= 11 is 0. The van der Waals surface area contributed by atoms with Gasteiger partial charge < -0.3 is 0 Å². The molecular formula is C28H30N2. The molecule has 0 atom stereocenters. The van der Waals surface area contributed by atoms with Crippen LogP contribution in [0.2, 0.25) is 0 Å². The van der Waals surface area contributed by atoms with Crippen molar-refractivity contribution in [3.63, 3.8) is 0 Å². The van der Waals surface area contributed by atoms with E-state index in [0.717, 1.165) is 29.9 Å². The summed E-state index contributed by atoms with van der Waals surface area (Å²) in [6, 6.07) is 28.0. The number of imidazole rings is 1. The summed E-state index contributed by atoms with van der Waals surface area (Å²) in [5, 5.41) is 0. The minimum absolute atomic E-state index is 0.450. The number of aromatic nitrogens is 2. The van der Waals surface area contributed by atoms with Gasteiger partial charge >= 0.3 is 0 Å². The molecule has 0 saturated heterocycles. The maximum Gasteiger partial charge on any atom is 0.144 e. The zero-order chi connectivity index (χ0) is 20.9. The summed E-state index contributed by atoms with van der Waals surface area (Å²) in [6.07, 6.45) is 5.58. The number of hydrogen-bond donors (Lipinski definition) is 0. The fourth-order valence-corrected chi connectivity index (χ4v) is 3.96. The quantitative estimate of drug-likeness (QED) is 0.314. The maximum absolute atomic E-state index is 5.09. The summed E-state index contributed by atoms with van der Waals surface area (Å²) in [5.41, 5.74) is 7.33. The fraction of sp³-hybridized carbons (Fsp3) is 0.250. The second-order valence-corrected chi connectivity index (χ2v) is 8.19. The predicted octanol–water partition coefficient (Wildman–Crippen LogP) is 7.67. The highest BCUT2D eigenvalue weighted by atomic mass is 15.1. The van der Waals surface area contributed by atoms with Crippen molar-refractivity contribution in [3.05, 3.63) is 96.3 Å². The summed E-state index contributed by atoms with van der Waals surface area (Å²) in [5.74, 6) is 1.47. The first-order valence-corrected chi connectivity index (χ1v) is 11.0. The van der Waals surface area contributed by atoms with E-state index >= 15 is 0 Å². The number of benzene rings is 3. The van der Waals surface area contributed by atoms with Gasteiger partial charge in [-0.1, -0.05) is 93.9 Å². The molecule has 0 amide bonds. The van der Waals surface area contributed by atoms with Crippen molar-refractivity contribution in [2.75, 3.05) is 0 Å². The number of para-hydroxylation sites is 1. The SMILES string of the molecule is CCCCc1cn(-c2ccccc2C(C)C)c(-c2cccc(-c3ccccc3)c2)n1. The van der Waals surface area contributed by atoms with E-state index < -0.39 is 0 Å². The average molecular weight is 395 g/mol. The van der Waals surface area contributed by atoms with Crippen LogP contribution in [0.4, 0.5) is 0 Å². The van der Waals surface area contributed by atoms with E-state index in [-0.39, 0.29) is 0 Å². The Labute approximate surface area is 180 Å². The lowest BCUT2D eigenvalue weighted by molar-refractivity contribution is 0.780. The lowest BCUT2D eigenvalue weighted by Crippen LogP contribution is -2.02. The molecule has 0 fully saturated rings. The van der Waals surface area contributed by atoms with Crippen molar-refractivity contribution in [2.45, 2.75) is 46.0 Å². The number of hydrogen-bond acceptors (Lipinski definition) is 1. The number of aryl methyl sites for hydroxylation is 1. The van der Waals surface area contributed by atoms with E-state index in [9.17, 15) is 0 Å². The van der Waals surface area contributed by atoms with E-state index in [0.29, 0.717) is 5.92 Å². The van der Waals surface area contributed by atoms with Crippen LogP contribution in [0.5, 0.6) is 0 Å². The molecule has 4 rings (SSSR count). The molecule has 4 aromatic rings. The van der Waals surface area contributed by atoms with E-state index in [1.165, 1.54) is 28.8 Å². The van der Waals surface area contributed by atoms with Gasteiger partial charge in [-0.15, -0.1) is 0 Å². The van der Waals surface area contributed by atoms with Gasteiger partial charge in [-0.3, -0.25) is 4.57 Å². The van der Waals surface area contributed by atoms with Crippen LogP contribution in [-0.2, 0) is 6.42 Å². The molecule has 0 unspecified atom stereocenters. The Morgan fingerprint density at radius 3 is 2.27 bits per heavy atom. The number of nitrogens with zero attached hydrogens (tertiary/aromatic N) is 2. The van der Waals surface area contributed by atoms with Crippen LogP contribution in [-0.4, -0.2) is 9.55 Å². The van der Waals surface area contributed by atoms with Gasteiger partial charge in [0.25, 0.3) is 0 Å². The van der Waals surface area contributed by atoms with Gasteiger partial charge in [0.15, 0.2) is 0 Å². The molecule has 1 heterocycles. The molecular weight excluding hydrogens is 364 g/mol. The largest absolute Gasteiger partial charge is 0.299 e. The molecule has 0 aliphatic rings. The molecule has 0 saturated carbocycles. The zero-order valence-electron chi connectivity index (χ0n) is 18.2. The topological polar surface area (TPSA) is 17.8 Å². The Morgan fingerprint density at radius 2 is 1.50 bits per heavy atom. The van der Waals surface area contributed by atoms with Gasteiger partial charge in [-0.25, -0.2) is 4.98 Å². The molecule has 1 aromatic heterocycles. The minimum atomic E-state index is 0.450. The lowest BCUT2D eigenvalue weighted by atomic mass is 10.0. The summed E-state index contributed by atoms with van der Waals surface area (Å²) < 4.78 is 2.30. The first kappa shape index (κ1) is 20.2. The highest BCUT2D eigenvalue weighted by molar-refractivity contribution is 5.71. The average Bonchev–Trinajstić information content (AvgIpc) is 3.22. The van der Waals surface area contributed by atoms with Crippen molar-refractivity contribution < 1.29 is 0 Å². The lowest BCUT2D eigenvalue weighted by Gasteiger charge is -2.16. The van der Waals surface area contributed by atoms with Crippen molar-refractivity contribution in [1.82, 2.24) is 9.55 Å². The maximum atomic E-state index is 5.09. The van der Waals surface area contributed by atoms with E-state index in [4.69, 9.17) is 4.98 Å². The van der Waals surface area contributed by atoms with E-state index in [1.807, 2.05) is 0 Å². The zero-order valence-corrected chi connectivity index (χ0v) is 18.2. The molecule has 152 valence electrons. The molecule has 0 radical (unpaired) electrons. The molecule has 0 N–H and O–H groups in total. The van der Waals surface area contributed by atoms with Gasteiger partial charge in [0.2, 0.25) is 0 Å². The second-order valence-electron chi connectivity index (χ2n) is 8.19. The van der Waals surface area contributed by atoms with Gasteiger partial charge in [0.05, 0.1) is 11.4 Å². The molecule has 30 heavy (non-hydrogen) atoms. The van der Waals surface area contributed by atoms with Crippen LogP contribution < -0.4 is 0 Å². The van der Waals surface area contributed by atoms with Crippen LogP contribution in [0, 0.1) is 0 Å². The van der Waals surface area contributed by atoms with Gasteiger partial charge in [0, 0.05) is 11.8 Å². The van der Waals surface area contributed by atoms with Crippen LogP contribution in [0.3, 0.4) is 0 Å². The molecule has 0 bridgehead atoms. The smallest absolute Gasteiger partial charge is 0.144 e. The van der Waals surface area contributed by atoms with Crippen LogP contribution in [0.25, 0.3) is 28.2 Å². The third kappa shape index (κ3) is 4.23.